The molecule has 0 atom stereocenters. The summed E-state index contributed by atoms with van der Waals surface area (Å²) >= 11 is 0. The van der Waals surface area contributed by atoms with E-state index < -0.39 is 0 Å². The third-order valence-electron chi connectivity index (χ3n) is 2.89. The van der Waals surface area contributed by atoms with E-state index in [0.29, 0.717) is 25.1 Å². The van der Waals surface area contributed by atoms with Gasteiger partial charge in [-0.15, -0.1) is 0 Å². The summed E-state index contributed by atoms with van der Waals surface area (Å²) in [5.74, 6) is 0.146. The molecule has 1 rings (SSSR count). The third-order valence-corrected chi connectivity index (χ3v) is 2.89. The normalized spacial score (nSPS) is 26.3. The van der Waals surface area contributed by atoms with Crippen molar-refractivity contribution in [3.05, 3.63) is 0 Å². The molecule has 1 saturated carbocycles. The van der Waals surface area contributed by atoms with Crippen LogP contribution < -0.4 is 11.1 Å². The number of amides is 1. The van der Waals surface area contributed by atoms with Crippen molar-refractivity contribution in [1.29, 1.82) is 0 Å². The molecule has 0 aromatic rings. The van der Waals surface area contributed by atoms with Crippen LogP contribution in [-0.4, -0.2) is 31.7 Å². The van der Waals surface area contributed by atoms with Gasteiger partial charge in [-0.2, -0.15) is 0 Å². The fourth-order valence-electron chi connectivity index (χ4n) is 1.94. The van der Waals surface area contributed by atoms with Gasteiger partial charge in [-0.25, -0.2) is 0 Å². The predicted molar refractivity (Wildman–Crippen MR) is 59.5 cm³/mol. The number of ether oxygens (including phenoxy) is 1. The third kappa shape index (κ3) is 5.14. The van der Waals surface area contributed by atoms with Gasteiger partial charge in [0.05, 0.1) is 0 Å². The van der Waals surface area contributed by atoms with Crippen molar-refractivity contribution in [2.24, 2.45) is 5.73 Å². The summed E-state index contributed by atoms with van der Waals surface area (Å²) in [7, 11) is 1.65. The summed E-state index contributed by atoms with van der Waals surface area (Å²) in [5.41, 5.74) is 5.80. The number of carbonyl (C=O) groups is 1. The summed E-state index contributed by atoms with van der Waals surface area (Å²) < 4.78 is 4.90. The zero-order chi connectivity index (χ0) is 11.1. The van der Waals surface area contributed by atoms with E-state index in [-0.39, 0.29) is 5.91 Å². The quantitative estimate of drug-likeness (QED) is 0.665. The molecule has 0 radical (unpaired) electrons. The highest BCUT2D eigenvalue weighted by molar-refractivity contribution is 5.76. The van der Waals surface area contributed by atoms with Crippen LogP contribution in [-0.2, 0) is 9.53 Å². The Bertz CT molecular complexity index is 189. The van der Waals surface area contributed by atoms with E-state index in [0.717, 1.165) is 32.1 Å². The topological polar surface area (TPSA) is 64.3 Å². The Labute approximate surface area is 91.5 Å². The molecular weight excluding hydrogens is 192 g/mol. The van der Waals surface area contributed by atoms with Crippen LogP contribution in [0.15, 0.2) is 0 Å². The van der Waals surface area contributed by atoms with Crippen LogP contribution >= 0.6 is 0 Å². The summed E-state index contributed by atoms with van der Waals surface area (Å²) in [5, 5.41) is 3.05. The van der Waals surface area contributed by atoms with Crippen molar-refractivity contribution in [3.63, 3.8) is 0 Å². The van der Waals surface area contributed by atoms with E-state index in [2.05, 4.69) is 5.32 Å². The molecule has 1 aliphatic carbocycles. The number of carbonyl (C=O) groups excluding carboxylic acids is 1. The first-order valence-electron chi connectivity index (χ1n) is 5.76. The highest BCUT2D eigenvalue weighted by Gasteiger charge is 2.19. The van der Waals surface area contributed by atoms with Gasteiger partial charge in [0.2, 0.25) is 5.91 Å². The highest BCUT2D eigenvalue weighted by Crippen LogP contribution is 2.16. The molecule has 4 heteroatoms. The summed E-state index contributed by atoms with van der Waals surface area (Å²) in [6, 6.07) is 0.687. The SMILES string of the molecule is COCCCC(=O)NC1CCC(N)CC1. The van der Waals surface area contributed by atoms with Gasteiger partial charge in [-0.1, -0.05) is 0 Å². The molecule has 0 aromatic heterocycles. The molecule has 1 amide bonds. The van der Waals surface area contributed by atoms with E-state index in [1.165, 1.54) is 0 Å². The first-order valence-corrected chi connectivity index (χ1v) is 5.76. The van der Waals surface area contributed by atoms with Crippen LogP contribution in [0.2, 0.25) is 0 Å². The monoisotopic (exact) mass is 214 g/mol. The molecule has 1 fully saturated rings. The van der Waals surface area contributed by atoms with Gasteiger partial charge >= 0.3 is 0 Å². The van der Waals surface area contributed by atoms with Crippen LogP contribution in [0.25, 0.3) is 0 Å². The molecule has 0 heterocycles. The van der Waals surface area contributed by atoms with Crippen LogP contribution in [0.1, 0.15) is 38.5 Å². The molecule has 4 nitrogen and oxygen atoms in total. The van der Waals surface area contributed by atoms with Crippen LogP contribution in [0.3, 0.4) is 0 Å². The average Bonchev–Trinajstić information content (AvgIpc) is 2.22. The molecule has 0 unspecified atom stereocenters. The van der Waals surface area contributed by atoms with Crippen molar-refractivity contribution >= 4 is 5.91 Å². The zero-order valence-electron chi connectivity index (χ0n) is 9.50. The molecule has 0 aromatic carbocycles. The number of hydrogen-bond acceptors (Lipinski definition) is 3. The number of methoxy groups -OCH3 is 1. The van der Waals surface area contributed by atoms with E-state index in [9.17, 15) is 4.79 Å². The largest absolute Gasteiger partial charge is 0.385 e. The smallest absolute Gasteiger partial charge is 0.220 e. The number of hydrogen-bond donors (Lipinski definition) is 2. The van der Waals surface area contributed by atoms with Crippen molar-refractivity contribution in [2.45, 2.75) is 50.6 Å². The van der Waals surface area contributed by atoms with Crippen LogP contribution in [0.4, 0.5) is 0 Å². The number of nitrogens with two attached hydrogens (primary N) is 1. The minimum absolute atomic E-state index is 0.146. The molecule has 15 heavy (non-hydrogen) atoms. The van der Waals surface area contributed by atoms with Gasteiger partial charge in [-0.05, 0) is 32.1 Å². The lowest BCUT2D eigenvalue weighted by Crippen LogP contribution is -2.40. The van der Waals surface area contributed by atoms with E-state index in [1.807, 2.05) is 0 Å². The zero-order valence-corrected chi connectivity index (χ0v) is 9.50. The maximum absolute atomic E-state index is 11.5. The second-order valence-electron chi connectivity index (χ2n) is 4.28. The Hall–Kier alpha value is -0.610. The van der Waals surface area contributed by atoms with Gasteiger partial charge < -0.3 is 15.8 Å². The fourth-order valence-corrected chi connectivity index (χ4v) is 1.94. The fraction of sp³-hybridized carbons (Fsp3) is 0.909. The van der Waals surface area contributed by atoms with Crippen molar-refractivity contribution in [2.75, 3.05) is 13.7 Å². The molecule has 88 valence electrons. The first kappa shape index (κ1) is 12.5. The van der Waals surface area contributed by atoms with Crippen molar-refractivity contribution in [3.8, 4) is 0 Å². The minimum Gasteiger partial charge on any atom is -0.385 e. The van der Waals surface area contributed by atoms with E-state index in [4.69, 9.17) is 10.5 Å². The standard InChI is InChI=1S/C11H22N2O2/c1-15-8-2-3-11(14)13-10-6-4-9(12)5-7-10/h9-10H,2-8,12H2,1H3,(H,13,14). The van der Waals surface area contributed by atoms with Gasteiger partial charge in [-0.3, -0.25) is 4.79 Å². The molecule has 1 aliphatic rings. The Kier molecular flexibility index (Phi) is 5.65. The molecule has 3 N–H and O–H groups in total. The van der Waals surface area contributed by atoms with E-state index >= 15 is 0 Å². The summed E-state index contributed by atoms with van der Waals surface area (Å²) in [6.07, 6.45) is 5.48. The van der Waals surface area contributed by atoms with Gasteiger partial charge in [0.25, 0.3) is 0 Å². The lowest BCUT2D eigenvalue weighted by molar-refractivity contribution is -0.122. The Morgan fingerprint density at radius 2 is 2.07 bits per heavy atom. The van der Waals surface area contributed by atoms with Gasteiger partial charge in [0, 0.05) is 32.2 Å². The Balaban J connectivity index is 2.09. The maximum Gasteiger partial charge on any atom is 0.220 e. The lowest BCUT2D eigenvalue weighted by atomic mass is 9.92. The van der Waals surface area contributed by atoms with Gasteiger partial charge in [0.15, 0.2) is 0 Å². The summed E-state index contributed by atoms with van der Waals surface area (Å²) in [4.78, 5) is 11.5. The Morgan fingerprint density at radius 1 is 1.40 bits per heavy atom. The summed E-state index contributed by atoms with van der Waals surface area (Å²) in [6.45, 7) is 0.656. The second-order valence-corrected chi connectivity index (χ2v) is 4.28. The average molecular weight is 214 g/mol. The van der Waals surface area contributed by atoms with E-state index in [1.54, 1.807) is 7.11 Å². The lowest BCUT2D eigenvalue weighted by Gasteiger charge is -2.26. The maximum atomic E-state index is 11.5. The van der Waals surface area contributed by atoms with Crippen molar-refractivity contribution < 1.29 is 9.53 Å². The second kappa shape index (κ2) is 6.80. The first-order chi connectivity index (χ1) is 7.22. The van der Waals surface area contributed by atoms with Crippen LogP contribution in [0, 0.1) is 0 Å². The minimum atomic E-state index is 0.146. The molecule has 0 saturated heterocycles. The number of nitrogens with one attached hydrogen (secondary N) is 1. The van der Waals surface area contributed by atoms with Crippen molar-refractivity contribution in [1.82, 2.24) is 5.32 Å². The van der Waals surface area contributed by atoms with Gasteiger partial charge in [0.1, 0.15) is 0 Å². The number of rotatable bonds is 5. The predicted octanol–water partition coefficient (Wildman–Crippen LogP) is 0.799. The highest BCUT2D eigenvalue weighted by atomic mass is 16.5. The molecule has 0 aliphatic heterocycles. The molecule has 0 bridgehead atoms. The van der Waals surface area contributed by atoms with Crippen LogP contribution in [0.5, 0.6) is 0 Å². The Morgan fingerprint density at radius 3 is 2.67 bits per heavy atom. The molecule has 0 spiro atoms. The molecular formula is C11H22N2O2.